The highest BCUT2D eigenvalue weighted by Gasteiger charge is 2.53. The van der Waals surface area contributed by atoms with Crippen LogP contribution in [0.3, 0.4) is 0 Å². The summed E-state index contributed by atoms with van der Waals surface area (Å²) in [5.74, 6) is -8.16. The van der Waals surface area contributed by atoms with E-state index < -0.39 is 160 Å². The smallest absolute Gasteiger partial charge is 0.408 e. The van der Waals surface area contributed by atoms with Crippen LogP contribution in [0.1, 0.15) is 142 Å². The maximum atomic E-state index is 16.1. The van der Waals surface area contributed by atoms with E-state index in [4.69, 9.17) is 61.7 Å². The Kier molecular flexibility index (Phi) is 28.1. The second kappa shape index (κ2) is 33.6. The number of aliphatic hydroxyl groups excluding tert-OH is 2. The minimum Gasteiger partial charge on any atom is -0.461 e. The molecule has 0 aliphatic carbocycles. The van der Waals surface area contributed by atoms with Crippen LogP contribution in [-0.2, 0) is 86.1 Å². The number of ether oxygens (including phenoxy) is 12. The Hall–Kier alpha value is -4.00. The molecular weight excluding hydrogens is 1200 g/mol. The summed E-state index contributed by atoms with van der Waals surface area (Å²) in [6.45, 7) is 27.7. The lowest BCUT2D eigenvalue weighted by Gasteiger charge is -2.45. The number of oxime groups is 1. The van der Waals surface area contributed by atoms with Crippen molar-refractivity contribution in [2.45, 2.75) is 257 Å². The summed E-state index contributed by atoms with van der Waals surface area (Å²) in [7, 11) is 0.208. The predicted octanol–water partition coefficient (Wildman–Crippen LogP) is 6.31. The number of benzene rings is 1. The Morgan fingerprint density at radius 3 is 2.11 bits per heavy atom. The lowest BCUT2D eigenvalue weighted by Crippen LogP contribution is -2.59. The van der Waals surface area contributed by atoms with Crippen LogP contribution < -0.4 is 10.0 Å². The fourth-order valence-corrected chi connectivity index (χ4v) is 14.9. The molecule has 0 saturated carbocycles. The zero-order valence-electron chi connectivity index (χ0n) is 56.9. The zero-order chi connectivity index (χ0) is 67.4. The molecule has 1 aromatic rings. The average molecular weight is 1310 g/mol. The fourth-order valence-electron chi connectivity index (χ4n) is 13.6. The van der Waals surface area contributed by atoms with Gasteiger partial charge in [0, 0.05) is 89.6 Å². The highest BCUT2D eigenvalue weighted by Crippen LogP contribution is 2.41. The number of nitrogens with zero attached hydrogens (tertiary/aromatic N) is 2. The number of methoxy groups -OCH3 is 2. The third-order valence-electron chi connectivity index (χ3n) is 18.5. The first-order valence-corrected chi connectivity index (χ1v) is 34.0. The normalized spacial score (nSPS) is 37.4. The van der Waals surface area contributed by atoms with Crippen molar-refractivity contribution in [1.82, 2.24) is 14.9 Å². The minimum atomic E-state index is -4.04. The number of sulfonamides is 1. The van der Waals surface area contributed by atoms with Crippen molar-refractivity contribution in [2.75, 3.05) is 54.2 Å². The topological polar surface area (TPSA) is 303 Å². The van der Waals surface area contributed by atoms with Gasteiger partial charge in [-0.1, -0.05) is 71.8 Å². The number of Topliss-reactive ketones (excluding diaryl/α,β-unsaturated/α-hetero) is 1. The molecule has 6 rings (SSSR count). The highest BCUT2D eigenvalue weighted by molar-refractivity contribution is 7.89. The van der Waals surface area contributed by atoms with Gasteiger partial charge >= 0.3 is 18.0 Å². The van der Waals surface area contributed by atoms with Crippen molar-refractivity contribution in [3.63, 3.8) is 0 Å². The first-order valence-electron chi connectivity index (χ1n) is 32.5. The van der Waals surface area contributed by atoms with E-state index in [2.05, 4.69) is 27.0 Å². The lowest BCUT2D eigenvalue weighted by molar-refractivity contribution is -0.305. The summed E-state index contributed by atoms with van der Waals surface area (Å²) in [6.07, 6.45) is -13.1. The largest absolute Gasteiger partial charge is 0.461 e. The molecule has 5 aliphatic heterocycles. The number of nitrogens with one attached hydrogen (secondary N) is 2. The van der Waals surface area contributed by atoms with Gasteiger partial charge in [-0.15, -0.1) is 0 Å². The Morgan fingerprint density at radius 1 is 0.824 bits per heavy atom. The third kappa shape index (κ3) is 20.0. The van der Waals surface area contributed by atoms with Crippen LogP contribution in [0.15, 0.2) is 40.4 Å². The standard InChI is InChI=1S/C65H108N4O21S/c1-35(2)28-49(70)86-55-42(9)54(37(4)33-82-62-58(79-17)57(78-16)51(71)45(12)85-62)88-60(74)44(11)56(87-50-29-38(5)69(32-40(7)83-50)46-24-26-81-27-25-46)41(8)53(89-61-52(72)48(68-80-18)30-39(6)84-61)36(3)31-65(15,59(73)43(55)10)90-63(75)67-64(13,14)34-66-91(76,77)47-22-20-19-21-23-47/h19-23,35-46,50-58,61-62,66,71-72H,24-34H2,1-18H3,(H,67,75)/b68-48+/t36-,37?,38?,39+,40-,41+,42-,43+,44+,45+,50-,51+,52+,53-,54+,55+,56-,57+,58+,61-,62+,65-/m0/s1. The summed E-state index contributed by atoms with van der Waals surface area (Å²) in [4.78, 5) is 68.4. The van der Waals surface area contributed by atoms with Crippen molar-refractivity contribution in [3.05, 3.63) is 30.3 Å². The number of hydrogen-bond acceptors (Lipinski definition) is 23. The zero-order valence-corrected chi connectivity index (χ0v) is 57.7. The summed E-state index contributed by atoms with van der Waals surface area (Å²) in [5, 5.41) is 29.9. The van der Waals surface area contributed by atoms with Gasteiger partial charge in [-0.05, 0) is 98.6 Å². The van der Waals surface area contributed by atoms with Crippen LogP contribution in [0.4, 0.5) is 4.79 Å². The molecule has 26 heteroatoms. The van der Waals surface area contributed by atoms with Gasteiger partial charge in [0.1, 0.15) is 43.7 Å². The molecular formula is C65H108N4O21S. The number of rotatable bonds is 21. The van der Waals surface area contributed by atoms with E-state index in [9.17, 15) is 28.2 Å². The SMILES string of the molecule is CO/N=C1\C[C@@H](C)O[C@@H](O[C@@H]2[C@@H](C)[C@H](O[C@H]3CC(C)N(C4CCOCC4)C[C@H](C)O3)[C@@H](C)C(=O)O[C@H](C(C)CO[C@@H]3O[C@H](C)[C@@H](O)[C@@H](OC)[C@H]3OC)[C@H](C)[C@@H](OC(=O)CC(C)C)[C@@H](C)C(=O)[C@@](C)(OC(=O)NC(C)(C)CNS(=O)(=O)c3ccccc3)C[C@@H]2C)[C@@H]1O. The Balaban J connectivity index is 1.51. The van der Waals surface area contributed by atoms with Gasteiger partial charge in [0.2, 0.25) is 10.0 Å². The summed E-state index contributed by atoms with van der Waals surface area (Å²) in [5.41, 5.74) is -3.20. The predicted molar refractivity (Wildman–Crippen MR) is 334 cm³/mol. The molecule has 25 nitrogen and oxygen atoms in total. The van der Waals surface area contributed by atoms with Gasteiger partial charge < -0.3 is 77.2 Å². The summed E-state index contributed by atoms with van der Waals surface area (Å²) in [6, 6.07) is 7.94. The highest BCUT2D eigenvalue weighted by atomic mass is 32.2. The maximum absolute atomic E-state index is 16.1. The molecule has 5 aliphatic rings. The van der Waals surface area contributed by atoms with Crippen LogP contribution >= 0.6 is 0 Å². The lowest BCUT2D eigenvalue weighted by atomic mass is 9.74. The van der Waals surface area contributed by atoms with E-state index in [-0.39, 0.29) is 67.1 Å². The molecule has 4 N–H and O–H groups in total. The monoisotopic (exact) mass is 1310 g/mol. The molecule has 2 unspecified atom stereocenters. The van der Waals surface area contributed by atoms with Crippen molar-refractivity contribution in [2.24, 2.45) is 46.6 Å². The van der Waals surface area contributed by atoms with E-state index in [0.717, 1.165) is 12.8 Å². The molecule has 1 aromatic carbocycles. The number of alkyl carbamates (subject to hydrolysis) is 1. The van der Waals surface area contributed by atoms with Crippen LogP contribution in [0.25, 0.3) is 0 Å². The third-order valence-corrected chi connectivity index (χ3v) is 19.9. The molecule has 0 aromatic heterocycles. The van der Waals surface area contributed by atoms with Crippen LogP contribution in [0.5, 0.6) is 0 Å². The molecule has 0 bridgehead atoms. The number of ketones is 1. The minimum absolute atomic E-state index is 0.0125. The quantitative estimate of drug-likeness (QED) is 0.0595. The van der Waals surface area contributed by atoms with Gasteiger partial charge in [0.05, 0.1) is 65.1 Å². The molecule has 22 atom stereocenters. The van der Waals surface area contributed by atoms with Crippen molar-refractivity contribution >= 4 is 39.6 Å². The molecule has 0 spiro atoms. The molecule has 5 heterocycles. The number of cyclic esters (lactones) is 1. The summed E-state index contributed by atoms with van der Waals surface area (Å²) >= 11 is 0. The van der Waals surface area contributed by atoms with Crippen LogP contribution in [0, 0.1) is 41.4 Å². The first kappa shape index (κ1) is 76.0. The number of esters is 2. The van der Waals surface area contributed by atoms with Gasteiger partial charge in [-0.3, -0.25) is 19.3 Å². The number of carbonyl (C=O) groups is 4. The van der Waals surface area contributed by atoms with E-state index >= 15 is 9.59 Å². The Bertz CT molecular complexity index is 2630. The van der Waals surface area contributed by atoms with Crippen molar-refractivity contribution in [1.29, 1.82) is 0 Å². The van der Waals surface area contributed by atoms with Gasteiger partial charge in [0.15, 0.2) is 30.3 Å². The van der Waals surface area contributed by atoms with Crippen molar-refractivity contribution < 1.29 is 99.5 Å². The molecule has 5 fully saturated rings. The molecule has 0 radical (unpaired) electrons. The Labute approximate surface area is 539 Å². The summed E-state index contributed by atoms with van der Waals surface area (Å²) < 4.78 is 106. The number of aliphatic hydroxyl groups is 2. The second-order valence-corrected chi connectivity index (χ2v) is 29.2. The van der Waals surface area contributed by atoms with Gasteiger partial charge in [0.25, 0.3) is 0 Å². The number of amides is 1. The van der Waals surface area contributed by atoms with Crippen LogP contribution in [-0.4, -0.2) is 217 Å². The average Bonchev–Trinajstić information content (AvgIpc) is 0.969. The molecule has 91 heavy (non-hydrogen) atoms. The number of hydrogen-bond donors (Lipinski definition) is 4. The van der Waals surface area contributed by atoms with E-state index in [1.807, 2.05) is 27.7 Å². The van der Waals surface area contributed by atoms with E-state index in [1.165, 1.54) is 40.4 Å². The fraction of sp³-hybridized carbons (Fsp3) is 0.831. The van der Waals surface area contributed by atoms with Crippen molar-refractivity contribution in [3.8, 4) is 0 Å². The second-order valence-electron chi connectivity index (χ2n) is 27.4. The van der Waals surface area contributed by atoms with E-state index in [1.54, 1.807) is 80.5 Å². The van der Waals surface area contributed by atoms with Crippen LogP contribution in [0.2, 0.25) is 0 Å². The van der Waals surface area contributed by atoms with E-state index in [0.29, 0.717) is 26.2 Å². The van der Waals surface area contributed by atoms with Gasteiger partial charge in [-0.2, -0.15) is 0 Å². The maximum Gasteiger partial charge on any atom is 0.408 e. The molecule has 5 saturated heterocycles. The number of carbonyl (C=O) groups excluding carboxylic acids is 4. The molecule has 520 valence electrons. The molecule has 1 amide bonds. The Morgan fingerprint density at radius 2 is 1.48 bits per heavy atom. The van der Waals surface area contributed by atoms with Gasteiger partial charge in [-0.25, -0.2) is 17.9 Å². The first-order chi connectivity index (χ1) is 42.7.